The molecule has 0 radical (unpaired) electrons. The molecule has 0 fully saturated rings. The number of carbonyl (C=O) groups excluding carboxylic acids is 1. The molecule has 0 saturated carbocycles. The monoisotopic (exact) mass is 159 g/mol. The summed E-state index contributed by atoms with van der Waals surface area (Å²) in [5, 5.41) is 0. The SMILES string of the molecule is C.CC(=O)C(C)CCCCN. The van der Waals surface area contributed by atoms with Gasteiger partial charge in [-0.2, -0.15) is 0 Å². The molecule has 11 heavy (non-hydrogen) atoms. The Morgan fingerprint density at radius 2 is 2.00 bits per heavy atom. The van der Waals surface area contributed by atoms with E-state index in [0.717, 1.165) is 25.8 Å². The summed E-state index contributed by atoms with van der Waals surface area (Å²) in [6.45, 7) is 4.36. The molecule has 0 aliphatic carbocycles. The first kappa shape index (κ1) is 13.2. The zero-order valence-electron chi connectivity index (χ0n) is 6.89. The van der Waals surface area contributed by atoms with Crippen LogP contribution >= 0.6 is 0 Å². The van der Waals surface area contributed by atoms with Crippen LogP contribution in [0.5, 0.6) is 0 Å². The minimum atomic E-state index is 0. The number of nitrogens with two attached hydrogens (primary N) is 1. The lowest BCUT2D eigenvalue weighted by Gasteiger charge is -2.04. The van der Waals surface area contributed by atoms with Gasteiger partial charge in [-0.15, -0.1) is 0 Å². The Labute approximate surface area is 70.2 Å². The number of unbranched alkanes of at least 4 members (excludes halogenated alkanes) is 1. The number of ketones is 1. The lowest BCUT2D eigenvalue weighted by molar-refractivity contribution is -0.120. The van der Waals surface area contributed by atoms with E-state index in [2.05, 4.69) is 0 Å². The van der Waals surface area contributed by atoms with Gasteiger partial charge in [-0.05, 0) is 26.3 Å². The molecule has 0 aliphatic heterocycles. The maximum absolute atomic E-state index is 10.7. The van der Waals surface area contributed by atoms with Crippen molar-refractivity contribution in [2.45, 2.75) is 40.5 Å². The van der Waals surface area contributed by atoms with Gasteiger partial charge in [-0.25, -0.2) is 0 Å². The molecule has 0 amide bonds. The summed E-state index contributed by atoms with van der Waals surface area (Å²) < 4.78 is 0. The number of hydrogen-bond acceptors (Lipinski definition) is 2. The van der Waals surface area contributed by atoms with E-state index >= 15 is 0 Å². The highest BCUT2D eigenvalue weighted by Crippen LogP contribution is 2.07. The van der Waals surface area contributed by atoms with Gasteiger partial charge in [0.05, 0.1) is 0 Å². The van der Waals surface area contributed by atoms with Gasteiger partial charge < -0.3 is 5.73 Å². The Bertz CT molecular complexity index is 102. The fourth-order valence-corrected chi connectivity index (χ4v) is 0.798. The fourth-order valence-electron chi connectivity index (χ4n) is 0.798. The number of Topliss-reactive ketones (excluding diaryl/α,β-unsaturated/α-hetero) is 1. The Kier molecular flexibility index (Phi) is 9.31. The van der Waals surface area contributed by atoms with Crippen LogP contribution in [0.15, 0.2) is 0 Å². The summed E-state index contributed by atoms with van der Waals surface area (Å²) in [4.78, 5) is 10.7. The van der Waals surface area contributed by atoms with Crippen LogP contribution < -0.4 is 5.73 Å². The summed E-state index contributed by atoms with van der Waals surface area (Å²) in [5.41, 5.74) is 5.31. The van der Waals surface area contributed by atoms with Crippen LogP contribution in [0.3, 0.4) is 0 Å². The minimum absolute atomic E-state index is 0. The van der Waals surface area contributed by atoms with Crippen LogP contribution in [0, 0.1) is 5.92 Å². The maximum Gasteiger partial charge on any atom is 0.132 e. The quantitative estimate of drug-likeness (QED) is 0.623. The molecule has 0 aromatic rings. The van der Waals surface area contributed by atoms with Crippen LogP contribution in [-0.4, -0.2) is 12.3 Å². The topological polar surface area (TPSA) is 43.1 Å². The molecule has 2 nitrogen and oxygen atoms in total. The van der Waals surface area contributed by atoms with Crippen molar-refractivity contribution in [3.05, 3.63) is 0 Å². The van der Waals surface area contributed by atoms with E-state index in [-0.39, 0.29) is 19.1 Å². The zero-order valence-corrected chi connectivity index (χ0v) is 6.89. The number of hydrogen-bond donors (Lipinski definition) is 1. The van der Waals surface area contributed by atoms with Crippen molar-refractivity contribution in [1.82, 2.24) is 0 Å². The van der Waals surface area contributed by atoms with E-state index in [4.69, 9.17) is 5.73 Å². The summed E-state index contributed by atoms with van der Waals surface area (Å²) in [5.74, 6) is 0.517. The molecule has 0 spiro atoms. The van der Waals surface area contributed by atoms with Crippen LogP contribution in [0.2, 0.25) is 0 Å². The Balaban J connectivity index is 0. The number of rotatable bonds is 5. The third-order valence-electron chi connectivity index (χ3n) is 1.79. The molecule has 0 bridgehead atoms. The zero-order chi connectivity index (χ0) is 7.98. The molecule has 0 aliphatic rings. The standard InChI is InChI=1S/C8H17NO.CH4/c1-7(8(2)10)5-3-4-6-9;/h7H,3-6,9H2,1-2H3;1H4. The van der Waals surface area contributed by atoms with E-state index in [9.17, 15) is 4.79 Å². The van der Waals surface area contributed by atoms with E-state index < -0.39 is 0 Å². The first-order valence-electron chi connectivity index (χ1n) is 3.89. The van der Waals surface area contributed by atoms with Crippen LogP contribution in [0.1, 0.15) is 40.5 Å². The average molecular weight is 159 g/mol. The predicted molar refractivity (Wildman–Crippen MR) is 49.5 cm³/mol. The first-order valence-corrected chi connectivity index (χ1v) is 3.89. The average Bonchev–Trinajstić information content (AvgIpc) is 1.88. The molecule has 2 N–H and O–H groups in total. The third kappa shape index (κ3) is 7.53. The summed E-state index contributed by atoms with van der Waals surface area (Å²) in [6.07, 6.45) is 3.11. The molecule has 1 atom stereocenters. The highest BCUT2D eigenvalue weighted by Gasteiger charge is 2.05. The highest BCUT2D eigenvalue weighted by atomic mass is 16.1. The third-order valence-corrected chi connectivity index (χ3v) is 1.79. The van der Waals surface area contributed by atoms with Gasteiger partial charge in [0, 0.05) is 5.92 Å². The van der Waals surface area contributed by atoms with Crippen molar-refractivity contribution in [2.24, 2.45) is 11.7 Å². The molecule has 68 valence electrons. The minimum Gasteiger partial charge on any atom is -0.330 e. The van der Waals surface area contributed by atoms with Gasteiger partial charge in [0.2, 0.25) is 0 Å². The Hall–Kier alpha value is -0.370. The summed E-state index contributed by atoms with van der Waals surface area (Å²) in [7, 11) is 0. The predicted octanol–water partition coefficient (Wildman–Crippen LogP) is 1.98. The molecular formula is C9H21NO. The van der Waals surface area contributed by atoms with Crippen LogP contribution in [0.4, 0.5) is 0 Å². The molecule has 0 rings (SSSR count). The van der Waals surface area contributed by atoms with Gasteiger partial charge in [0.25, 0.3) is 0 Å². The summed E-state index contributed by atoms with van der Waals surface area (Å²) >= 11 is 0. The normalized spacial score (nSPS) is 11.9. The van der Waals surface area contributed by atoms with Gasteiger partial charge in [0.1, 0.15) is 5.78 Å². The molecular weight excluding hydrogens is 138 g/mol. The second kappa shape index (κ2) is 7.73. The smallest absolute Gasteiger partial charge is 0.132 e. The molecule has 1 unspecified atom stereocenters. The fraction of sp³-hybridized carbons (Fsp3) is 0.889. The lowest BCUT2D eigenvalue weighted by atomic mass is 10.0. The van der Waals surface area contributed by atoms with Crippen molar-refractivity contribution in [2.75, 3.05) is 6.54 Å². The summed E-state index contributed by atoms with van der Waals surface area (Å²) in [6, 6.07) is 0. The van der Waals surface area contributed by atoms with Crippen molar-refractivity contribution in [3.63, 3.8) is 0 Å². The van der Waals surface area contributed by atoms with Crippen molar-refractivity contribution < 1.29 is 4.79 Å². The van der Waals surface area contributed by atoms with E-state index in [0.29, 0.717) is 0 Å². The highest BCUT2D eigenvalue weighted by molar-refractivity contribution is 5.77. The molecule has 0 heterocycles. The van der Waals surface area contributed by atoms with E-state index in [1.54, 1.807) is 6.92 Å². The van der Waals surface area contributed by atoms with Crippen molar-refractivity contribution >= 4 is 5.78 Å². The van der Waals surface area contributed by atoms with E-state index in [1.165, 1.54) is 0 Å². The van der Waals surface area contributed by atoms with Crippen LogP contribution in [0.25, 0.3) is 0 Å². The van der Waals surface area contributed by atoms with Gasteiger partial charge >= 0.3 is 0 Å². The van der Waals surface area contributed by atoms with Crippen molar-refractivity contribution in [1.29, 1.82) is 0 Å². The van der Waals surface area contributed by atoms with Gasteiger partial charge in [-0.3, -0.25) is 4.79 Å². The lowest BCUT2D eigenvalue weighted by Crippen LogP contribution is -2.07. The second-order valence-corrected chi connectivity index (χ2v) is 2.80. The Morgan fingerprint density at radius 1 is 1.45 bits per heavy atom. The molecule has 0 aromatic heterocycles. The maximum atomic E-state index is 10.7. The van der Waals surface area contributed by atoms with Crippen molar-refractivity contribution in [3.8, 4) is 0 Å². The molecule has 0 saturated heterocycles. The molecule has 0 aromatic carbocycles. The Morgan fingerprint density at radius 3 is 2.36 bits per heavy atom. The molecule has 2 heteroatoms. The largest absolute Gasteiger partial charge is 0.330 e. The number of carbonyl (C=O) groups is 1. The first-order chi connectivity index (χ1) is 4.68. The van der Waals surface area contributed by atoms with Gasteiger partial charge in [-0.1, -0.05) is 20.8 Å². The van der Waals surface area contributed by atoms with Gasteiger partial charge in [0.15, 0.2) is 0 Å². The second-order valence-electron chi connectivity index (χ2n) is 2.80. The van der Waals surface area contributed by atoms with E-state index in [1.807, 2.05) is 6.92 Å². The van der Waals surface area contributed by atoms with Crippen LogP contribution in [-0.2, 0) is 4.79 Å².